The van der Waals surface area contributed by atoms with E-state index in [1.165, 1.54) is 0 Å². The summed E-state index contributed by atoms with van der Waals surface area (Å²) in [6, 6.07) is 19.3. The summed E-state index contributed by atoms with van der Waals surface area (Å²) in [5.41, 5.74) is 7.77. The third-order valence-corrected chi connectivity index (χ3v) is 6.15. The van der Waals surface area contributed by atoms with Gasteiger partial charge in [-0.1, -0.05) is 18.2 Å². The summed E-state index contributed by atoms with van der Waals surface area (Å²) in [6.45, 7) is 6.96. The molecule has 5 rings (SSSR count). The SMILES string of the molecule is CCNc1ccc(NC(=O)n2c(C3=N/C(=C\c4[nH]c(C)cc4C)C(OC)=C3)cc3ccccc32)cc1. The van der Waals surface area contributed by atoms with Crippen LogP contribution in [0.15, 0.2) is 83.2 Å². The molecule has 7 heteroatoms. The predicted octanol–water partition coefficient (Wildman–Crippen LogP) is 6.47. The number of carbonyl (C=O) groups is 1. The van der Waals surface area contributed by atoms with E-state index in [0.717, 1.165) is 40.1 Å². The number of aliphatic imine (C=N–C) groups is 1. The molecule has 1 aliphatic heterocycles. The highest BCUT2D eigenvalue weighted by atomic mass is 16.5. The van der Waals surface area contributed by atoms with Crippen molar-refractivity contribution in [3.05, 3.63) is 101 Å². The molecule has 0 saturated carbocycles. The quantitative estimate of drug-likeness (QED) is 0.296. The number of methoxy groups -OCH3 is 1. The first kappa shape index (κ1) is 23.2. The smallest absolute Gasteiger partial charge is 0.331 e. The first-order chi connectivity index (χ1) is 17.5. The predicted molar refractivity (Wildman–Crippen MR) is 147 cm³/mol. The molecule has 4 aromatic rings. The summed E-state index contributed by atoms with van der Waals surface area (Å²) < 4.78 is 7.31. The fraction of sp³-hybridized carbons (Fsp3) is 0.172. The number of hydrogen-bond acceptors (Lipinski definition) is 4. The fourth-order valence-electron chi connectivity index (χ4n) is 4.47. The van der Waals surface area contributed by atoms with Gasteiger partial charge >= 0.3 is 6.03 Å². The second-order valence-corrected chi connectivity index (χ2v) is 8.75. The number of H-pyrrole nitrogens is 1. The Bertz CT molecular complexity index is 1530. The van der Waals surface area contributed by atoms with Gasteiger partial charge in [0.2, 0.25) is 0 Å². The van der Waals surface area contributed by atoms with E-state index in [4.69, 9.17) is 9.73 Å². The molecule has 3 heterocycles. The molecule has 1 aliphatic rings. The van der Waals surface area contributed by atoms with Crippen LogP contribution in [0, 0.1) is 13.8 Å². The molecule has 0 radical (unpaired) electrons. The standard InChI is InChI=1S/C29H29N5O2/c1-5-30-21-10-12-22(13-11-21)32-29(35)34-26-9-7-6-8-20(26)15-27(34)24-17-28(36-4)25(33-24)16-23-18(2)14-19(3)31-23/h6-17,30-31H,5H2,1-4H3,(H,32,35)/b25-16-. The fourth-order valence-corrected chi connectivity index (χ4v) is 4.47. The number of amides is 1. The lowest BCUT2D eigenvalue weighted by Gasteiger charge is -2.11. The van der Waals surface area contributed by atoms with E-state index in [1.54, 1.807) is 11.7 Å². The van der Waals surface area contributed by atoms with Gasteiger partial charge in [0.25, 0.3) is 0 Å². The molecule has 0 unspecified atom stereocenters. The Morgan fingerprint density at radius 3 is 2.53 bits per heavy atom. The number of para-hydroxylation sites is 1. The lowest BCUT2D eigenvalue weighted by Crippen LogP contribution is -2.22. The minimum Gasteiger partial charge on any atom is -0.494 e. The third kappa shape index (κ3) is 4.43. The Morgan fingerprint density at radius 2 is 1.83 bits per heavy atom. The Labute approximate surface area is 210 Å². The number of ether oxygens (including phenoxy) is 1. The van der Waals surface area contributed by atoms with Gasteiger partial charge in [-0.3, -0.25) is 4.57 Å². The molecule has 0 aliphatic carbocycles. The molecule has 0 atom stereocenters. The highest BCUT2D eigenvalue weighted by Crippen LogP contribution is 2.29. The number of anilines is 2. The second kappa shape index (κ2) is 9.62. The molecule has 0 fully saturated rings. The molecule has 2 aromatic carbocycles. The van der Waals surface area contributed by atoms with Crippen LogP contribution in [0.2, 0.25) is 0 Å². The first-order valence-electron chi connectivity index (χ1n) is 12.0. The van der Waals surface area contributed by atoms with Crippen molar-refractivity contribution in [3.8, 4) is 0 Å². The second-order valence-electron chi connectivity index (χ2n) is 8.75. The van der Waals surface area contributed by atoms with Crippen LogP contribution in [0.1, 0.15) is 29.6 Å². The number of aromatic nitrogens is 2. The Balaban J connectivity index is 1.54. The van der Waals surface area contributed by atoms with Crippen LogP contribution in [0.3, 0.4) is 0 Å². The molecular formula is C29H29N5O2. The highest BCUT2D eigenvalue weighted by molar-refractivity contribution is 6.16. The van der Waals surface area contributed by atoms with Gasteiger partial charge < -0.3 is 20.4 Å². The van der Waals surface area contributed by atoms with Crippen LogP contribution in [-0.4, -0.2) is 34.9 Å². The summed E-state index contributed by atoms with van der Waals surface area (Å²) >= 11 is 0. The van der Waals surface area contributed by atoms with Gasteiger partial charge in [0.05, 0.1) is 24.0 Å². The summed E-state index contributed by atoms with van der Waals surface area (Å²) in [5.74, 6) is 0.646. The third-order valence-electron chi connectivity index (χ3n) is 6.15. The summed E-state index contributed by atoms with van der Waals surface area (Å²) in [7, 11) is 1.63. The normalized spacial score (nSPS) is 14.2. The maximum absolute atomic E-state index is 13.6. The molecule has 2 aromatic heterocycles. The maximum atomic E-state index is 13.6. The maximum Gasteiger partial charge on any atom is 0.331 e. The zero-order valence-electron chi connectivity index (χ0n) is 20.8. The van der Waals surface area contributed by atoms with Gasteiger partial charge in [-0.15, -0.1) is 0 Å². The van der Waals surface area contributed by atoms with Crippen LogP contribution >= 0.6 is 0 Å². The van der Waals surface area contributed by atoms with E-state index in [2.05, 4.69) is 28.6 Å². The van der Waals surface area contributed by atoms with Crippen LogP contribution in [0.4, 0.5) is 16.2 Å². The number of nitrogens with zero attached hydrogens (tertiary/aromatic N) is 2. The summed E-state index contributed by atoms with van der Waals surface area (Å²) in [4.78, 5) is 21.8. The molecule has 182 valence electrons. The highest BCUT2D eigenvalue weighted by Gasteiger charge is 2.23. The van der Waals surface area contributed by atoms with E-state index in [9.17, 15) is 4.79 Å². The van der Waals surface area contributed by atoms with E-state index in [-0.39, 0.29) is 6.03 Å². The van der Waals surface area contributed by atoms with Crippen LogP contribution in [-0.2, 0) is 4.74 Å². The van der Waals surface area contributed by atoms with Crippen molar-refractivity contribution in [2.45, 2.75) is 20.8 Å². The molecular weight excluding hydrogens is 450 g/mol. The number of hydrogen-bond donors (Lipinski definition) is 3. The number of fused-ring (bicyclic) bond motifs is 1. The van der Waals surface area contributed by atoms with E-state index in [0.29, 0.717) is 28.5 Å². The van der Waals surface area contributed by atoms with Crippen LogP contribution < -0.4 is 10.6 Å². The monoisotopic (exact) mass is 479 g/mol. The van der Waals surface area contributed by atoms with Crippen LogP contribution in [0.5, 0.6) is 0 Å². The van der Waals surface area contributed by atoms with E-state index >= 15 is 0 Å². The van der Waals surface area contributed by atoms with Gasteiger partial charge in [0, 0.05) is 40.8 Å². The number of benzene rings is 2. The van der Waals surface area contributed by atoms with Gasteiger partial charge in [-0.05, 0) is 74.9 Å². The molecule has 3 N–H and O–H groups in total. The number of aromatic amines is 1. The Hall–Kier alpha value is -4.52. The van der Waals surface area contributed by atoms with Gasteiger partial charge in [0.1, 0.15) is 11.5 Å². The topological polar surface area (TPSA) is 83.4 Å². The van der Waals surface area contributed by atoms with Crippen LogP contribution in [0.25, 0.3) is 17.0 Å². The minimum absolute atomic E-state index is 0.259. The Kier molecular flexibility index (Phi) is 6.21. The van der Waals surface area contributed by atoms with Gasteiger partial charge in [0.15, 0.2) is 0 Å². The largest absolute Gasteiger partial charge is 0.494 e. The molecule has 0 bridgehead atoms. The van der Waals surface area contributed by atoms with Gasteiger partial charge in [-0.2, -0.15) is 0 Å². The van der Waals surface area contributed by atoms with Crippen molar-refractivity contribution in [2.24, 2.45) is 4.99 Å². The van der Waals surface area contributed by atoms with Crippen molar-refractivity contribution in [3.63, 3.8) is 0 Å². The lowest BCUT2D eigenvalue weighted by molar-refractivity contribution is 0.254. The molecule has 0 spiro atoms. The van der Waals surface area contributed by atoms with Crippen molar-refractivity contribution >= 4 is 40.1 Å². The summed E-state index contributed by atoms with van der Waals surface area (Å²) in [5, 5.41) is 7.24. The molecule has 7 nitrogen and oxygen atoms in total. The van der Waals surface area contributed by atoms with Crippen molar-refractivity contribution in [2.75, 3.05) is 24.3 Å². The average molecular weight is 480 g/mol. The molecule has 1 amide bonds. The zero-order chi connectivity index (χ0) is 25.2. The average Bonchev–Trinajstić information content (AvgIpc) is 3.55. The summed E-state index contributed by atoms with van der Waals surface area (Å²) in [6.07, 6.45) is 3.85. The number of nitrogens with one attached hydrogen (secondary N) is 3. The van der Waals surface area contributed by atoms with Crippen molar-refractivity contribution in [1.29, 1.82) is 0 Å². The molecule has 36 heavy (non-hydrogen) atoms. The lowest BCUT2D eigenvalue weighted by atomic mass is 10.2. The zero-order valence-corrected chi connectivity index (χ0v) is 20.8. The van der Waals surface area contributed by atoms with E-state index < -0.39 is 0 Å². The van der Waals surface area contributed by atoms with Crippen molar-refractivity contribution in [1.82, 2.24) is 9.55 Å². The number of rotatable bonds is 6. The Morgan fingerprint density at radius 1 is 1.08 bits per heavy atom. The van der Waals surface area contributed by atoms with Crippen molar-refractivity contribution < 1.29 is 9.53 Å². The first-order valence-corrected chi connectivity index (χ1v) is 12.0. The van der Waals surface area contributed by atoms with Gasteiger partial charge in [-0.25, -0.2) is 9.79 Å². The van der Waals surface area contributed by atoms with E-state index in [1.807, 2.05) is 80.6 Å². The number of aryl methyl sites for hydroxylation is 2. The number of carbonyl (C=O) groups excluding carboxylic acids is 1. The minimum atomic E-state index is -0.259. The number of allylic oxidation sites excluding steroid dienone is 1. The molecule has 0 saturated heterocycles.